The summed E-state index contributed by atoms with van der Waals surface area (Å²) in [5, 5.41) is 0. The third-order valence-corrected chi connectivity index (χ3v) is 8.59. The molecule has 171 valence electrons. The van der Waals surface area contributed by atoms with Crippen LogP contribution in [0.15, 0.2) is 24.3 Å². The molecular formula is C29H55. The lowest BCUT2D eigenvalue weighted by molar-refractivity contribution is 0.155. The van der Waals surface area contributed by atoms with E-state index in [1.807, 2.05) is 0 Å². The summed E-state index contributed by atoms with van der Waals surface area (Å²) < 4.78 is 0. The summed E-state index contributed by atoms with van der Waals surface area (Å²) in [5.41, 5.74) is 2.94. The van der Waals surface area contributed by atoms with Crippen LogP contribution in [0.3, 0.4) is 0 Å². The van der Waals surface area contributed by atoms with E-state index in [-0.39, 0.29) is 5.71 Å². The third-order valence-electron chi connectivity index (χ3n) is 8.59. The van der Waals surface area contributed by atoms with Crippen molar-refractivity contribution >= 4 is 0 Å². The summed E-state index contributed by atoms with van der Waals surface area (Å²) in [5.74, 6) is 6.04. The second-order valence-electron chi connectivity index (χ2n) is 11.3. The minimum atomic E-state index is 0. The van der Waals surface area contributed by atoms with Gasteiger partial charge in [0.05, 0.1) is 0 Å². The van der Waals surface area contributed by atoms with Gasteiger partial charge in [-0.3, -0.25) is 0 Å². The van der Waals surface area contributed by atoms with E-state index < -0.39 is 0 Å². The van der Waals surface area contributed by atoms with Gasteiger partial charge in [0, 0.05) is 5.71 Å². The van der Waals surface area contributed by atoms with Gasteiger partial charge in [-0.15, -0.1) is 0 Å². The van der Waals surface area contributed by atoms with Gasteiger partial charge < -0.3 is 0 Å². The Morgan fingerprint density at radius 3 is 1.55 bits per heavy atom. The highest BCUT2D eigenvalue weighted by Crippen LogP contribution is 2.41. The quantitative estimate of drug-likeness (QED) is 0.431. The highest BCUT2D eigenvalue weighted by molar-refractivity contribution is 5.24. The molecule has 29 heavy (non-hydrogen) atoms. The van der Waals surface area contributed by atoms with Crippen LogP contribution in [0.5, 0.6) is 0 Å². The Kier molecular flexibility index (Phi) is 9.13. The van der Waals surface area contributed by atoms with Crippen molar-refractivity contribution in [3.05, 3.63) is 35.4 Å². The maximum Gasteiger partial charge on any atom is 0 e. The molecule has 3 aliphatic rings. The first-order chi connectivity index (χ1) is 14.0. The number of hydrogen-bond acceptors (Lipinski definition) is 0. The molecular weight excluding hydrogens is 348 g/mol. The van der Waals surface area contributed by atoms with Crippen LogP contribution in [0.2, 0.25) is 0 Å². The number of rotatable bonds is 2. The lowest BCUT2D eigenvalue weighted by Gasteiger charge is -2.36. The largest absolute Gasteiger partial charge is 0.0625 e. The molecule has 3 saturated carbocycles. The second kappa shape index (κ2) is 11.6. The van der Waals surface area contributed by atoms with Gasteiger partial charge in [0.25, 0.3) is 0 Å². The van der Waals surface area contributed by atoms with E-state index in [4.69, 9.17) is 0 Å². The van der Waals surface area contributed by atoms with Gasteiger partial charge in [0.1, 0.15) is 0 Å². The lowest BCUT2D eigenvalue weighted by atomic mass is 9.70. The molecule has 0 bridgehead atoms. The summed E-state index contributed by atoms with van der Waals surface area (Å²) in [4.78, 5) is 0. The van der Waals surface area contributed by atoms with Crippen molar-refractivity contribution in [3.63, 3.8) is 0 Å². The molecule has 0 amide bonds. The number of hydrogen-bond donors (Lipinski definition) is 0. The van der Waals surface area contributed by atoms with Crippen LogP contribution in [-0.4, -0.2) is 0 Å². The second-order valence-corrected chi connectivity index (χ2v) is 11.3. The molecule has 1 aromatic rings. The topological polar surface area (TPSA) is 0 Å². The van der Waals surface area contributed by atoms with Crippen molar-refractivity contribution in [1.82, 2.24) is 0 Å². The first kappa shape index (κ1) is 22.9. The Hall–Kier alpha value is -0.780. The molecule has 0 aromatic heterocycles. The van der Waals surface area contributed by atoms with Crippen molar-refractivity contribution in [2.75, 3.05) is 0 Å². The molecule has 1 aromatic carbocycles. The van der Waals surface area contributed by atoms with Crippen molar-refractivity contribution in [3.8, 4) is 0 Å². The van der Waals surface area contributed by atoms with Crippen molar-refractivity contribution in [2.45, 2.75) is 117 Å². The van der Waals surface area contributed by atoms with Crippen LogP contribution >= 0.6 is 0 Å². The summed E-state index contributed by atoms with van der Waals surface area (Å²) in [6, 6.07) is 9.17. The van der Waals surface area contributed by atoms with Crippen LogP contribution in [0, 0.1) is 36.5 Å². The lowest BCUT2D eigenvalue weighted by Crippen LogP contribution is -2.24. The molecule has 0 saturated heterocycles. The minimum absolute atomic E-state index is 0. The molecule has 0 heterocycles. The third kappa shape index (κ3) is 7.45. The van der Waals surface area contributed by atoms with E-state index in [2.05, 4.69) is 52.0 Å². The predicted octanol–water partition coefficient (Wildman–Crippen LogP) is 10.2. The van der Waals surface area contributed by atoms with Crippen LogP contribution in [-0.2, 0) is 0 Å². The van der Waals surface area contributed by atoms with Crippen molar-refractivity contribution in [2.24, 2.45) is 29.6 Å². The summed E-state index contributed by atoms with van der Waals surface area (Å²) in [7, 11) is 0. The average Bonchev–Trinajstić information content (AvgIpc) is 2.95. The highest BCUT2D eigenvalue weighted by atomic mass is 14.3. The van der Waals surface area contributed by atoms with E-state index in [1.54, 1.807) is 31.2 Å². The number of aryl methyl sites for hydroxylation is 1. The van der Waals surface area contributed by atoms with E-state index in [0.29, 0.717) is 0 Å². The summed E-state index contributed by atoms with van der Waals surface area (Å²) >= 11 is 0. The highest BCUT2D eigenvalue weighted by Gasteiger charge is 2.28. The van der Waals surface area contributed by atoms with Gasteiger partial charge in [-0.1, -0.05) is 95.5 Å². The molecule has 0 N–H and O–H groups in total. The molecule has 0 nitrogen and oxygen atoms in total. The Bertz CT molecular complexity index is 552. The van der Waals surface area contributed by atoms with Gasteiger partial charge in [0.15, 0.2) is 0 Å². The first-order valence-corrected chi connectivity index (χ1v) is 13.1. The Morgan fingerprint density at radius 2 is 1.03 bits per heavy atom. The fourth-order valence-corrected chi connectivity index (χ4v) is 6.17. The molecule has 0 aliphatic heterocycles. The van der Waals surface area contributed by atoms with Gasteiger partial charge in [-0.05, 0) is 86.5 Å². The van der Waals surface area contributed by atoms with Gasteiger partial charge in [0.2, 0.25) is 0 Å². The minimum Gasteiger partial charge on any atom is -0.0625 e. The van der Waals surface area contributed by atoms with Crippen molar-refractivity contribution in [1.29, 1.82) is 0 Å². The van der Waals surface area contributed by atoms with Crippen molar-refractivity contribution < 1.29 is 5.71 Å². The molecule has 2 atom stereocenters. The Labute approximate surface area is 188 Å². The van der Waals surface area contributed by atoms with Gasteiger partial charge >= 0.3 is 0 Å². The Balaban J connectivity index is 0. The molecule has 0 heteroatoms. The van der Waals surface area contributed by atoms with Crippen LogP contribution in [0.4, 0.5) is 0 Å². The fourth-order valence-electron chi connectivity index (χ4n) is 6.17. The van der Waals surface area contributed by atoms with Crippen LogP contribution < -0.4 is 0 Å². The molecule has 4 rings (SSSR count). The fraction of sp³-hybridized carbons (Fsp3) is 0.793. The first-order valence-electron chi connectivity index (χ1n) is 13.1. The summed E-state index contributed by atoms with van der Waals surface area (Å²) in [6.07, 6.45) is 19.3. The predicted molar refractivity (Wildman–Crippen MR) is 136 cm³/mol. The van der Waals surface area contributed by atoms with E-state index >= 15 is 0 Å². The monoisotopic (exact) mass is 403 g/mol. The average molecular weight is 404 g/mol. The van der Waals surface area contributed by atoms with Gasteiger partial charge in [-0.2, -0.15) is 0 Å². The van der Waals surface area contributed by atoms with Crippen LogP contribution in [0.25, 0.3) is 0 Å². The maximum absolute atomic E-state index is 2.43. The van der Waals surface area contributed by atoms with Crippen LogP contribution in [0.1, 0.15) is 127 Å². The smallest absolute Gasteiger partial charge is 0 e. The zero-order chi connectivity index (χ0) is 20.6. The SMILES string of the molecule is CC1CCC(C2CCC(C)CC2)CC1.Cc1ccc(C2CCCC(C)CC2)cc1.[HH].[HH].[HH].[H]. The zero-order valence-electron chi connectivity index (χ0n) is 21.0. The van der Waals surface area contributed by atoms with E-state index in [0.717, 1.165) is 35.5 Å². The van der Waals surface area contributed by atoms with E-state index in [9.17, 15) is 0 Å². The standard InChI is InChI=1S/C15H22.C14H26.3H2.H/c1-12-4-3-5-14(9-6-12)15-10-7-13(2)8-11-15;1-11-3-7-13(8-4-11)14-9-5-12(2)6-10-14;;;;/h7-8,10-12,14H,3-6,9H2,1-2H3;11-14H,3-10H2,1-2H3;3*1H;. The molecule has 3 fully saturated rings. The molecule has 3 aliphatic carbocycles. The van der Waals surface area contributed by atoms with Gasteiger partial charge in [-0.25, -0.2) is 0 Å². The molecule has 1 radical (unpaired) electrons. The molecule has 0 spiro atoms. The molecule has 2 unspecified atom stereocenters. The van der Waals surface area contributed by atoms with E-state index in [1.165, 1.54) is 63.4 Å². The zero-order valence-corrected chi connectivity index (χ0v) is 20.0. The number of benzene rings is 1. The normalized spacial score (nSPS) is 35.9. The summed E-state index contributed by atoms with van der Waals surface area (Å²) in [6.45, 7) is 9.43. The maximum atomic E-state index is 2.43. The Morgan fingerprint density at radius 1 is 0.586 bits per heavy atom.